The van der Waals surface area contributed by atoms with Crippen LogP contribution < -0.4 is 5.73 Å². The number of benzene rings is 1. The van der Waals surface area contributed by atoms with Gasteiger partial charge in [0.05, 0.1) is 0 Å². The third kappa shape index (κ3) is 2.27. The number of nitrogens with two attached hydrogens (primary N) is 1. The van der Waals surface area contributed by atoms with Crippen LogP contribution in [0.25, 0.3) is 6.08 Å². The lowest BCUT2D eigenvalue weighted by atomic mass is 10.1. The second kappa shape index (κ2) is 3.77. The summed E-state index contributed by atoms with van der Waals surface area (Å²) in [6.07, 6.45) is 3.78. The van der Waals surface area contributed by atoms with Crippen molar-refractivity contribution in [3.8, 4) is 0 Å². The van der Waals surface area contributed by atoms with Crippen LogP contribution in [0.2, 0.25) is 0 Å². The number of hydrogen-bond acceptors (Lipinski definition) is 1. The summed E-state index contributed by atoms with van der Waals surface area (Å²) >= 11 is 0. The largest absolute Gasteiger partial charge is 0.399 e. The van der Waals surface area contributed by atoms with E-state index >= 15 is 0 Å². The van der Waals surface area contributed by atoms with Gasteiger partial charge >= 0.3 is 0 Å². The maximum absolute atomic E-state index is 5.41. The molecular formula is C11H13N. The minimum Gasteiger partial charge on any atom is -0.399 e. The van der Waals surface area contributed by atoms with E-state index in [2.05, 4.69) is 25.6 Å². The van der Waals surface area contributed by atoms with E-state index < -0.39 is 0 Å². The van der Waals surface area contributed by atoms with Gasteiger partial charge in [-0.1, -0.05) is 36.9 Å². The van der Waals surface area contributed by atoms with E-state index in [9.17, 15) is 0 Å². The molecule has 0 aliphatic rings. The number of hydrogen-bond donors (Lipinski definition) is 1. The summed E-state index contributed by atoms with van der Waals surface area (Å²) in [5, 5.41) is 0. The van der Waals surface area contributed by atoms with Crippen molar-refractivity contribution in [3.05, 3.63) is 53.7 Å². The topological polar surface area (TPSA) is 26.0 Å². The van der Waals surface area contributed by atoms with Crippen LogP contribution in [-0.4, -0.2) is 0 Å². The zero-order chi connectivity index (χ0) is 8.97. The van der Waals surface area contributed by atoms with Crippen LogP contribution in [0.3, 0.4) is 0 Å². The Kier molecular flexibility index (Phi) is 2.70. The first-order valence-corrected chi connectivity index (χ1v) is 3.88. The van der Waals surface area contributed by atoms with Gasteiger partial charge in [0.25, 0.3) is 0 Å². The van der Waals surface area contributed by atoms with Crippen molar-refractivity contribution in [3.63, 3.8) is 0 Å². The molecule has 0 amide bonds. The van der Waals surface area contributed by atoms with Crippen LogP contribution in [0, 0.1) is 6.92 Å². The molecule has 0 fully saturated rings. The summed E-state index contributed by atoms with van der Waals surface area (Å²) in [7, 11) is 0. The predicted molar refractivity (Wildman–Crippen MR) is 53.5 cm³/mol. The molecule has 1 heteroatoms. The molecular weight excluding hydrogens is 146 g/mol. The molecule has 0 unspecified atom stereocenters. The highest BCUT2D eigenvalue weighted by Crippen LogP contribution is 2.08. The van der Waals surface area contributed by atoms with Gasteiger partial charge in [-0.2, -0.15) is 0 Å². The molecule has 62 valence electrons. The standard InChI is InChI=1S/C11H13N/c1-9-5-3-4-6-11(9)8-7-10(2)12/h3-8H,2,12H2,1H3/b8-7-. The van der Waals surface area contributed by atoms with Gasteiger partial charge in [0.2, 0.25) is 0 Å². The van der Waals surface area contributed by atoms with E-state index in [-0.39, 0.29) is 0 Å². The molecule has 1 aromatic rings. The monoisotopic (exact) mass is 159 g/mol. The van der Waals surface area contributed by atoms with Crippen molar-refractivity contribution in [1.82, 2.24) is 0 Å². The molecule has 0 saturated heterocycles. The Morgan fingerprint density at radius 2 is 2.08 bits per heavy atom. The Balaban J connectivity index is 2.89. The lowest BCUT2D eigenvalue weighted by molar-refractivity contribution is 1.43. The van der Waals surface area contributed by atoms with E-state index in [1.165, 1.54) is 11.1 Å². The molecule has 0 radical (unpaired) electrons. The first-order chi connectivity index (χ1) is 5.70. The second-order valence-electron chi connectivity index (χ2n) is 2.76. The highest BCUT2D eigenvalue weighted by molar-refractivity contribution is 5.55. The average Bonchev–Trinajstić information content (AvgIpc) is 2.03. The summed E-state index contributed by atoms with van der Waals surface area (Å²) in [5.41, 5.74) is 8.42. The normalized spacial score (nSPS) is 10.4. The third-order valence-corrected chi connectivity index (χ3v) is 1.67. The molecule has 0 aromatic heterocycles. The molecule has 1 rings (SSSR count). The second-order valence-corrected chi connectivity index (χ2v) is 2.76. The Labute approximate surface area is 73.2 Å². The molecule has 0 bridgehead atoms. The van der Waals surface area contributed by atoms with Crippen LogP contribution >= 0.6 is 0 Å². The molecule has 0 aliphatic carbocycles. The maximum Gasteiger partial charge on any atom is 0.0241 e. The van der Waals surface area contributed by atoms with Crippen molar-refractivity contribution in [2.45, 2.75) is 6.92 Å². The highest BCUT2D eigenvalue weighted by Gasteiger charge is 1.89. The van der Waals surface area contributed by atoms with Crippen LogP contribution in [-0.2, 0) is 0 Å². The smallest absolute Gasteiger partial charge is 0.0241 e. The first-order valence-electron chi connectivity index (χ1n) is 3.88. The number of allylic oxidation sites excluding steroid dienone is 1. The summed E-state index contributed by atoms with van der Waals surface area (Å²) in [6.45, 7) is 5.66. The Hall–Kier alpha value is -1.50. The molecule has 0 heterocycles. The Morgan fingerprint density at radius 3 is 2.67 bits per heavy atom. The minimum atomic E-state index is 0.582. The summed E-state index contributed by atoms with van der Waals surface area (Å²) in [5.74, 6) is 0. The van der Waals surface area contributed by atoms with Gasteiger partial charge in [-0.15, -0.1) is 0 Å². The maximum atomic E-state index is 5.41. The average molecular weight is 159 g/mol. The van der Waals surface area contributed by atoms with E-state index in [0.29, 0.717) is 5.70 Å². The number of rotatable bonds is 2. The lowest BCUT2D eigenvalue weighted by Gasteiger charge is -1.97. The van der Waals surface area contributed by atoms with Crippen LogP contribution in [0.1, 0.15) is 11.1 Å². The van der Waals surface area contributed by atoms with Crippen molar-refractivity contribution in [1.29, 1.82) is 0 Å². The molecule has 2 N–H and O–H groups in total. The highest BCUT2D eigenvalue weighted by atomic mass is 14.5. The molecule has 1 aromatic carbocycles. The zero-order valence-corrected chi connectivity index (χ0v) is 7.25. The van der Waals surface area contributed by atoms with Crippen molar-refractivity contribution >= 4 is 6.08 Å². The zero-order valence-electron chi connectivity index (χ0n) is 7.25. The summed E-state index contributed by atoms with van der Waals surface area (Å²) in [4.78, 5) is 0. The van der Waals surface area contributed by atoms with Crippen LogP contribution in [0.5, 0.6) is 0 Å². The summed E-state index contributed by atoms with van der Waals surface area (Å²) in [6, 6.07) is 8.14. The molecule has 1 nitrogen and oxygen atoms in total. The Morgan fingerprint density at radius 1 is 1.42 bits per heavy atom. The number of aryl methyl sites for hydroxylation is 1. The minimum absolute atomic E-state index is 0.582. The first kappa shape index (κ1) is 8.60. The van der Waals surface area contributed by atoms with Gasteiger partial charge in [0, 0.05) is 5.70 Å². The molecule has 12 heavy (non-hydrogen) atoms. The molecule has 0 saturated carbocycles. The fraction of sp³-hybridized carbons (Fsp3) is 0.0909. The fourth-order valence-electron chi connectivity index (χ4n) is 0.971. The lowest BCUT2D eigenvalue weighted by Crippen LogP contribution is -1.88. The van der Waals surface area contributed by atoms with E-state index in [1.807, 2.05) is 24.3 Å². The molecule has 0 aliphatic heterocycles. The quantitative estimate of drug-likeness (QED) is 0.659. The van der Waals surface area contributed by atoms with Crippen molar-refractivity contribution in [2.75, 3.05) is 0 Å². The van der Waals surface area contributed by atoms with Crippen LogP contribution in [0.4, 0.5) is 0 Å². The van der Waals surface area contributed by atoms with Gasteiger partial charge in [-0.25, -0.2) is 0 Å². The van der Waals surface area contributed by atoms with Gasteiger partial charge in [-0.05, 0) is 24.1 Å². The molecule has 0 spiro atoms. The van der Waals surface area contributed by atoms with Crippen molar-refractivity contribution in [2.24, 2.45) is 5.73 Å². The SMILES string of the molecule is C=C(N)/C=C\c1ccccc1C. The van der Waals surface area contributed by atoms with Gasteiger partial charge < -0.3 is 5.73 Å². The van der Waals surface area contributed by atoms with Crippen molar-refractivity contribution < 1.29 is 0 Å². The van der Waals surface area contributed by atoms with Gasteiger partial charge in [-0.3, -0.25) is 0 Å². The fourth-order valence-corrected chi connectivity index (χ4v) is 0.971. The third-order valence-electron chi connectivity index (χ3n) is 1.67. The van der Waals surface area contributed by atoms with Crippen LogP contribution in [0.15, 0.2) is 42.6 Å². The van der Waals surface area contributed by atoms with E-state index in [4.69, 9.17) is 5.73 Å². The van der Waals surface area contributed by atoms with E-state index in [1.54, 1.807) is 0 Å². The van der Waals surface area contributed by atoms with Gasteiger partial charge in [0.1, 0.15) is 0 Å². The predicted octanol–water partition coefficient (Wildman–Crippen LogP) is 2.48. The summed E-state index contributed by atoms with van der Waals surface area (Å²) < 4.78 is 0. The van der Waals surface area contributed by atoms with E-state index in [0.717, 1.165) is 0 Å². The Bertz CT molecular complexity index is 311. The van der Waals surface area contributed by atoms with Gasteiger partial charge in [0.15, 0.2) is 0 Å². The molecule has 0 atom stereocenters.